The molecule has 0 saturated heterocycles. The molecule has 2 N–H and O–H groups in total. The highest BCUT2D eigenvalue weighted by Crippen LogP contribution is 2.45. The number of ether oxygens (including phenoxy) is 4. The molecule has 1 atom stereocenters. The van der Waals surface area contributed by atoms with Gasteiger partial charge in [-0.1, -0.05) is 35.3 Å². The van der Waals surface area contributed by atoms with E-state index < -0.39 is 11.9 Å². The molecule has 4 rings (SSSR count). The zero-order chi connectivity index (χ0) is 24.4. The topological polar surface area (TPSA) is 97.1 Å². The lowest BCUT2D eigenvalue weighted by molar-refractivity contribution is -0.136. The molecule has 178 valence electrons. The molecule has 2 aliphatic rings. The van der Waals surface area contributed by atoms with Crippen molar-refractivity contribution in [2.24, 2.45) is 5.73 Å². The number of Topliss-reactive ketones (excluding diaryl/α,β-unsaturated/α-hetero) is 1. The fourth-order valence-corrected chi connectivity index (χ4v) is 4.64. The van der Waals surface area contributed by atoms with Crippen LogP contribution in [-0.4, -0.2) is 26.0 Å². The van der Waals surface area contributed by atoms with Crippen LogP contribution >= 0.6 is 23.2 Å². The molecule has 1 aliphatic carbocycles. The quantitative estimate of drug-likeness (QED) is 0.551. The normalized spacial score (nSPS) is 17.8. The maximum Gasteiger partial charge on any atom is 0.340 e. The van der Waals surface area contributed by atoms with Crippen LogP contribution in [0.5, 0.6) is 11.5 Å². The molecule has 1 heterocycles. The van der Waals surface area contributed by atoms with Crippen LogP contribution in [0.15, 0.2) is 59.2 Å². The summed E-state index contributed by atoms with van der Waals surface area (Å²) in [7, 11) is 2.76. The van der Waals surface area contributed by atoms with Crippen molar-refractivity contribution in [2.75, 3.05) is 14.2 Å². The molecule has 7 nitrogen and oxygen atoms in total. The van der Waals surface area contributed by atoms with Gasteiger partial charge in [0.2, 0.25) is 5.88 Å². The summed E-state index contributed by atoms with van der Waals surface area (Å²) in [6.45, 7) is 0.191. The number of nitrogens with two attached hydrogens (primary N) is 1. The second kappa shape index (κ2) is 9.99. The zero-order valence-corrected chi connectivity index (χ0v) is 20.2. The summed E-state index contributed by atoms with van der Waals surface area (Å²) in [6, 6.07) is 10.4. The number of benzene rings is 2. The number of rotatable bonds is 6. The van der Waals surface area contributed by atoms with Crippen LogP contribution in [0.1, 0.15) is 36.3 Å². The van der Waals surface area contributed by atoms with Crippen LogP contribution in [0.25, 0.3) is 0 Å². The van der Waals surface area contributed by atoms with Crippen LogP contribution < -0.4 is 15.2 Å². The fourth-order valence-electron chi connectivity index (χ4n) is 4.18. The Morgan fingerprint density at radius 2 is 1.91 bits per heavy atom. The van der Waals surface area contributed by atoms with Crippen molar-refractivity contribution < 1.29 is 28.5 Å². The summed E-state index contributed by atoms with van der Waals surface area (Å²) < 4.78 is 22.1. The number of halogens is 2. The van der Waals surface area contributed by atoms with E-state index >= 15 is 0 Å². The maximum atomic E-state index is 12.9. The Morgan fingerprint density at radius 1 is 1.12 bits per heavy atom. The molecule has 0 amide bonds. The number of carbonyl (C=O) groups excluding carboxylic acids is 2. The average molecular weight is 504 g/mol. The molecule has 0 radical (unpaired) electrons. The Hall–Kier alpha value is -3.16. The third kappa shape index (κ3) is 4.58. The second-order valence-electron chi connectivity index (χ2n) is 7.85. The molecule has 0 unspecified atom stereocenters. The van der Waals surface area contributed by atoms with Gasteiger partial charge in [-0.25, -0.2) is 4.79 Å². The van der Waals surface area contributed by atoms with Gasteiger partial charge in [0.05, 0.1) is 20.1 Å². The van der Waals surface area contributed by atoms with Gasteiger partial charge in [0.15, 0.2) is 17.3 Å². The molecule has 2 aromatic rings. The predicted molar refractivity (Wildman–Crippen MR) is 127 cm³/mol. The van der Waals surface area contributed by atoms with Crippen molar-refractivity contribution in [3.8, 4) is 11.5 Å². The number of carbonyl (C=O) groups is 2. The van der Waals surface area contributed by atoms with Crippen molar-refractivity contribution in [1.82, 2.24) is 0 Å². The van der Waals surface area contributed by atoms with Gasteiger partial charge in [0, 0.05) is 34.0 Å². The van der Waals surface area contributed by atoms with Gasteiger partial charge in [-0.05, 0) is 36.2 Å². The molecule has 0 aromatic heterocycles. The largest absolute Gasteiger partial charge is 0.493 e. The van der Waals surface area contributed by atoms with E-state index in [0.717, 1.165) is 5.56 Å². The molecule has 1 aliphatic heterocycles. The molecule has 2 aromatic carbocycles. The molecular formula is C25H23Cl2NO6. The van der Waals surface area contributed by atoms with E-state index in [1.807, 2.05) is 0 Å². The Kier molecular flexibility index (Phi) is 7.05. The van der Waals surface area contributed by atoms with E-state index in [1.165, 1.54) is 14.2 Å². The van der Waals surface area contributed by atoms with Crippen LogP contribution in [-0.2, 0) is 25.7 Å². The first-order valence-electron chi connectivity index (χ1n) is 10.6. The Balaban J connectivity index is 1.71. The van der Waals surface area contributed by atoms with Gasteiger partial charge in [-0.2, -0.15) is 0 Å². The first-order valence-corrected chi connectivity index (χ1v) is 11.4. The summed E-state index contributed by atoms with van der Waals surface area (Å²) >= 11 is 12.2. The highest BCUT2D eigenvalue weighted by Gasteiger charge is 2.41. The van der Waals surface area contributed by atoms with Gasteiger partial charge in [0.1, 0.15) is 17.9 Å². The lowest BCUT2D eigenvalue weighted by Crippen LogP contribution is -2.31. The van der Waals surface area contributed by atoms with Crippen LogP contribution in [0.3, 0.4) is 0 Å². The minimum absolute atomic E-state index is 0.0676. The molecule has 0 bridgehead atoms. The van der Waals surface area contributed by atoms with Crippen LogP contribution in [0, 0.1) is 0 Å². The summed E-state index contributed by atoms with van der Waals surface area (Å²) in [5.74, 6) is -0.184. The molecule has 9 heteroatoms. The number of methoxy groups -OCH3 is 2. The van der Waals surface area contributed by atoms with Gasteiger partial charge < -0.3 is 24.7 Å². The summed E-state index contributed by atoms with van der Waals surface area (Å²) in [5.41, 5.74) is 8.00. The SMILES string of the molecule is COC(=O)C1=C(N)OC2=C(C(=O)CCC2)[C@H]1c1ccc(OCc2ccc(Cl)cc2Cl)c(OC)c1. The first-order chi connectivity index (χ1) is 16.3. The molecule has 0 saturated carbocycles. The van der Waals surface area contributed by atoms with Crippen molar-refractivity contribution in [3.05, 3.63) is 80.4 Å². The number of hydrogen-bond acceptors (Lipinski definition) is 7. The van der Waals surface area contributed by atoms with Crippen molar-refractivity contribution in [1.29, 1.82) is 0 Å². The average Bonchev–Trinajstić information content (AvgIpc) is 2.82. The lowest BCUT2D eigenvalue weighted by Gasteiger charge is -2.32. The first kappa shape index (κ1) is 24.0. The number of allylic oxidation sites excluding steroid dienone is 2. The third-order valence-corrected chi connectivity index (χ3v) is 6.40. The molecule has 0 spiro atoms. The maximum absolute atomic E-state index is 12.9. The highest BCUT2D eigenvalue weighted by molar-refractivity contribution is 6.35. The number of esters is 1. The van der Waals surface area contributed by atoms with Crippen molar-refractivity contribution in [3.63, 3.8) is 0 Å². The van der Waals surface area contributed by atoms with Crippen LogP contribution in [0.2, 0.25) is 10.0 Å². The smallest absolute Gasteiger partial charge is 0.340 e. The van der Waals surface area contributed by atoms with Gasteiger partial charge >= 0.3 is 5.97 Å². The zero-order valence-electron chi connectivity index (χ0n) is 18.7. The number of hydrogen-bond donors (Lipinski definition) is 1. The van der Waals surface area contributed by atoms with E-state index in [1.54, 1.807) is 36.4 Å². The summed E-state index contributed by atoms with van der Waals surface area (Å²) in [6.07, 6.45) is 1.59. The van der Waals surface area contributed by atoms with Crippen molar-refractivity contribution in [2.45, 2.75) is 31.8 Å². The molecular weight excluding hydrogens is 481 g/mol. The Morgan fingerprint density at radius 3 is 2.62 bits per heavy atom. The van der Waals surface area contributed by atoms with Gasteiger partial charge in [0.25, 0.3) is 0 Å². The summed E-state index contributed by atoms with van der Waals surface area (Å²) in [4.78, 5) is 25.5. The highest BCUT2D eigenvalue weighted by atomic mass is 35.5. The van der Waals surface area contributed by atoms with E-state index in [-0.39, 0.29) is 23.8 Å². The minimum Gasteiger partial charge on any atom is -0.493 e. The van der Waals surface area contributed by atoms with E-state index in [4.69, 9.17) is 47.9 Å². The predicted octanol–water partition coefficient (Wildman–Crippen LogP) is 5.05. The molecule has 34 heavy (non-hydrogen) atoms. The lowest BCUT2D eigenvalue weighted by atomic mass is 9.77. The second-order valence-corrected chi connectivity index (χ2v) is 8.70. The van der Waals surface area contributed by atoms with E-state index in [2.05, 4.69) is 0 Å². The van der Waals surface area contributed by atoms with Gasteiger partial charge in [-0.3, -0.25) is 4.79 Å². The Bertz CT molecular complexity index is 1220. The van der Waals surface area contributed by atoms with Gasteiger partial charge in [-0.15, -0.1) is 0 Å². The Labute approximate surface area is 207 Å². The van der Waals surface area contributed by atoms with Crippen LogP contribution in [0.4, 0.5) is 0 Å². The van der Waals surface area contributed by atoms with E-state index in [9.17, 15) is 9.59 Å². The third-order valence-electron chi connectivity index (χ3n) is 5.81. The number of ketones is 1. The fraction of sp³-hybridized carbons (Fsp3) is 0.280. The van der Waals surface area contributed by atoms with Crippen molar-refractivity contribution >= 4 is 35.0 Å². The summed E-state index contributed by atoms with van der Waals surface area (Å²) in [5, 5.41) is 1.02. The minimum atomic E-state index is -0.738. The monoisotopic (exact) mass is 503 g/mol. The molecule has 0 fully saturated rings. The van der Waals surface area contributed by atoms with E-state index in [0.29, 0.717) is 57.7 Å². The standard InChI is InChI=1S/C25H23Cl2NO6/c1-31-20-10-13(7-9-18(20)33-12-14-6-8-15(26)11-16(14)27)21-22-17(29)4-3-5-19(22)34-24(28)23(21)25(30)32-2/h6-11,21H,3-5,12,28H2,1-2H3/t21-/m1/s1.